The lowest BCUT2D eigenvalue weighted by atomic mass is 10.0. The second-order valence-corrected chi connectivity index (χ2v) is 7.92. The van der Waals surface area contributed by atoms with Gasteiger partial charge in [0.2, 0.25) is 0 Å². The van der Waals surface area contributed by atoms with Crippen LogP contribution < -0.4 is 10.6 Å². The van der Waals surface area contributed by atoms with Gasteiger partial charge in [-0.1, -0.05) is 13.8 Å². The summed E-state index contributed by atoms with van der Waals surface area (Å²) in [7, 11) is 0. The van der Waals surface area contributed by atoms with Crippen LogP contribution >= 0.6 is 0 Å². The first-order valence-corrected chi connectivity index (χ1v) is 10.8. The van der Waals surface area contributed by atoms with Gasteiger partial charge in [-0.2, -0.15) is 0 Å². The number of carbonyl (C=O) groups excluding carboxylic acids is 1. The van der Waals surface area contributed by atoms with Gasteiger partial charge >= 0.3 is 6.09 Å². The van der Waals surface area contributed by atoms with Gasteiger partial charge in [-0.3, -0.25) is 9.89 Å². The second-order valence-electron chi connectivity index (χ2n) is 7.92. The zero-order chi connectivity index (χ0) is 20.4. The molecule has 0 aromatic carbocycles. The van der Waals surface area contributed by atoms with E-state index >= 15 is 0 Å². The minimum Gasteiger partial charge on any atom is -0.450 e. The fourth-order valence-electron chi connectivity index (χ4n) is 3.88. The van der Waals surface area contributed by atoms with Gasteiger partial charge in [0.1, 0.15) is 0 Å². The van der Waals surface area contributed by atoms with Crippen molar-refractivity contribution in [2.24, 2.45) is 10.9 Å². The predicted molar refractivity (Wildman–Crippen MR) is 112 cm³/mol. The summed E-state index contributed by atoms with van der Waals surface area (Å²) in [4.78, 5) is 21.6. The Morgan fingerprint density at radius 3 is 2.64 bits per heavy atom. The van der Waals surface area contributed by atoms with Crippen molar-refractivity contribution in [1.29, 1.82) is 0 Å². The number of amides is 1. The Kier molecular flexibility index (Phi) is 9.84. The molecule has 2 rings (SSSR count). The van der Waals surface area contributed by atoms with Crippen LogP contribution in [0.15, 0.2) is 4.99 Å². The first-order valence-electron chi connectivity index (χ1n) is 10.8. The quantitative estimate of drug-likeness (QED) is 0.478. The van der Waals surface area contributed by atoms with Crippen molar-refractivity contribution in [2.45, 2.75) is 52.6 Å². The molecule has 0 saturated carbocycles. The lowest BCUT2D eigenvalue weighted by Crippen LogP contribution is -2.47. The Morgan fingerprint density at radius 2 is 2.00 bits per heavy atom. The Bertz CT molecular complexity index is 494. The van der Waals surface area contributed by atoms with Crippen LogP contribution in [0.1, 0.15) is 40.5 Å². The average molecular weight is 398 g/mol. The largest absolute Gasteiger partial charge is 0.450 e. The number of likely N-dealkylation sites (tertiary alicyclic amines) is 1. The first kappa shape index (κ1) is 22.7. The van der Waals surface area contributed by atoms with Crippen LogP contribution in [-0.4, -0.2) is 93.0 Å². The molecule has 2 aliphatic heterocycles. The molecule has 0 radical (unpaired) electrons. The molecule has 8 nitrogen and oxygen atoms in total. The van der Waals surface area contributed by atoms with Gasteiger partial charge in [-0.15, -0.1) is 0 Å². The van der Waals surface area contributed by atoms with Crippen LogP contribution in [0.25, 0.3) is 0 Å². The minimum absolute atomic E-state index is 0.0228. The maximum absolute atomic E-state index is 11.9. The molecule has 2 atom stereocenters. The normalized spacial score (nSPS) is 22.4. The molecule has 162 valence electrons. The molecule has 1 amide bonds. The Balaban J connectivity index is 1.95. The summed E-state index contributed by atoms with van der Waals surface area (Å²) < 4.78 is 10.5. The number of nitrogens with zero attached hydrogens (tertiary/aromatic N) is 3. The highest BCUT2D eigenvalue weighted by atomic mass is 16.5. The lowest BCUT2D eigenvalue weighted by Gasteiger charge is -2.32. The SMILES string of the molecule is CCNC(=NCC(CC(C)C)NC(=O)OCC)N1CCC(N2CCOCC2)C1. The van der Waals surface area contributed by atoms with Crippen molar-refractivity contribution in [3.8, 4) is 0 Å². The fourth-order valence-corrected chi connectivity index (χ4v) is 3.88. The smallest absolute Gasteiger partial charge is 0.407 e. The summed E-state index contributed by atoms with van der Waals surface area (Å²) >= 11 is 0. The number of rotatable bonds is 8. The third-order valence-corrected chi connectivity index (χ3v) is 5.17. The van der Waals surface area contributed by atoms with Crippen molar-refractivity contribution in [1.82, 2.24) is 20.4 Å². The third-order valence-electron chi connectivity index (χ3n) is 5.17. The standard InChI is InChI=1S/C20H39N5O3/c1-5-21-19(22-14-17(13-16(3)4)23-20(26)28-6-2)25-8-7-18(15-25)24-9-11-27-12-10-24/h16-18H,5-15H2,1-4H3,(H,21,22)(H,23,26). The molecule has 0 aromatic heterocycles. The van der Waals surface area contributed by atoms with E-state index in [0.717, 1.165) is 64.7 Å². The van der Waals surface area contributed by atoms with Gasteiger partial charge in [0.15, 0.2) is 5.96 Å². The average Bonchev–Trinajstić information content (AvgIpc) is 3.15. The van der Waals surface area contributed by atoms with Gasteiger partial charge in [-0.25, -0.2) is 4.79 Å². The number of carbonyl (C=O) groups is 1. The van der Waals surface area contributed by atoms with Gasteiger partial charge < -0.3 is 25.0 Å². The van der Waals surface area contributed by atoms with E-state index in [0.29, 0.717) is 25.1 Å². The molecule has 0 aromatic rings. The fraction of sp³-hybridized carbons (Fsp3) is 0.900. The van der Waals surface area contributed by atoms with Gasteiger partial charge in [0, 0.05) is 38.8 Å². The number of guanidine groups is 1. The molecule has 2 unspecified atom stereocenters. The monoisotopic (exact) mass is 397 g/mol. The number of hydrogen-bond donors (Lipinski definition) is 2. The number of hydrogen-bond acceptors (Lipinski definition) is 5. The molecular weight excluding hydrogens is 358 g/mol. The molecule has 0 bridgehead atoms. The topological polar surface area (TPSA) is 78.4 Å². The van der Waals surface area contributed by atoms with Crippen LogP contribution in [0.4, 0.5) is 4.79 Å². The molecule has 2 aliphatic rings. The predicted octanol–water partition coefficient (Wildman–Crippen LogP) is 1.52. The van der Waals surface area contributed by atoms with Crippen molar-refractivity contribution in [3.63, 3.8) is 0 Å². The van der Waals surface area contributed by atoms with E-state index in [9.17, 15) is 4.79 Å². The molecule has 2 heterocycles. The summed E-state index contributed by atoms with van der Waals surface area (Å²) in [6.07, 6.45) is 1.67. The third kappa shape index (κ3) is 7.47. The van der Waals surface area contributed by atoms with Crippen LogP contribution in [0.3, 0.4) is 0 Å². The number of nitrogens with one attached hydrogen (secondary N) is 2. The molecular formula is C20H39N5O3. The van der Waals surface area contributed by atoms with Crippen LogP contribution in [0.5, 0.6) is 0 Å². The summed E-state index contributed by atoms with van der Waals surface area (Å²) in [5.74, 6) is 1.42. The van der Waals surface area contributed by atoms with Crippen LogP contribution in [0.2, 0.25) is 0 Å². The zero-order valence-corrected chi connectivity index (χ0v) is 18.1. The highest BCUT2D eigenvalue weighted by Gasteiger charge is 2.30. The number of ether oxygens (including phenoxy) is 2. The highest BCUT2D eigenvalue weighted by Crippen LogP contribution is 2.17. The number of alkyl carbamates (subject to hydrolysis) is 1. The van der Waals surface area contributed by atoms with E-state index in [1.807, 2.05) is 6.92 Å². The van der Waals surface area contributed by atoms with E-state index in [4.69, 9.17) is 14.5 Å². The molecule has 2 N–H and O–H groups in total. The molecule has 2 fully saturated rings. The lowest BCUT2D eigenvalue weighted by molar-refractivity contribution is 0.0195. The summed E-state index contributed by atoms with van der Waals surface area (Å²) in [6, 6.07) is 0.544. The zero-order valence-electron chi connectivity index (χ0n) is 18.1. The van der Waals surface area contributed by atoms with Gasteiger partial charge in [0.25, 0.3) is 0 Å². The van der Waals surface area contributed by atoms with E-state index in [-0.39, 0.29) is 12.1 Å². The van der Waals surface area contributed by atoms with Crippen LogP contribution in [-0.2, 0) is 9.47 Å². The summed E-state index contributed by atoms with van der Waals surface area (Å²) in [5, 5.41) is 6.39. The first-order chi connectivity index (χ1) is 13.5. The van der Waals surface area contributed by atoms with Crippen molar-refractivity contribution < 1.29 is 14.3 Å². The maximum Gasteiger partial charge on any atom is 0.407 e. The van der Waals surface area contributed by atoms with E-state index in [1.54, 1.807) is 0 Å². The summed E-state index contributed by atoms with van der Waals surface area (Å²) in [5.41, 5.74) is 0. The molecule has 28 heavy (non-hydrogen) atoms. The van der Waals surface area contributed by atoms with E-state index < -0.39 is 0 Å². The van der Waals surface area contributed by atoms with Crippen molar-refractivity contribution in [3.05, 3.63) is 0 Å². The Morgan fingerprint density at radius 1 is 1.25 bits per heavy atom. The van der Waals surface area contributed by atoms with Crippen molar-refractivity contribution in [2.75, 3.05) is 59.1 Å². The number of aliphatic imine (C=N–C) groups is 1. The molecule has 2 saturated heterocycles. The van der Waals surface area contributed by atoms with Crippen LogP contribution in [0, 0.1) is 5.92 Å². The van der Waals surface area contributed by atoms with Crippen molar-refractivity contribution >= 4 is 12.1 Å². The Hall–Kier alpha value is -1.54. The molecule has 0 aliphatic carbocycles. The minimum atomic E-state index is -0.359. The van der Waals surface area contributed by atoms with Gasteiger partial charge in [-0.05, 0) is 32.6 Å². The van der Waals surface area contributed by atoms with Gasteiger partial charge in [0.05, 0.1) is 32.4 Å². The highest BCUT2D eigenvalue weighted by molar-refractivity contribution is 5.80. The Labute approximate surface area is 170 Å². The molecule has 0 spiro atoms. The van der Waals surface area contributed by atoms with E-state index in [1.165, 1.54) is 0 Å². The second kappa shape index (κ2) is 12.1. The molecule has 8 heteroatoms. The summed E-state index contributed by atoms with van der Waals surface area (Å²) in [6.45, 7) is 15.7. The maximum atomic E-state index is 11.9. The van der Waals surface area contributed by atoms with E-state index in [2.05, 4.69) is 41.2 Å². The number of morpholine rings is 1.